The van der Waals surface area contributed by atoms with E-state index in [1.54, 1.807) is 19.1 Å². The lowest BCUT2D eigenvalue weighted by Gasteiger charge is -2.24. The van der Waals surface area contributed by atoms with Gasteiger partial charge in [0.2, 0.25) is 0 Å². The van der Waals surface area contributed by atoms with Gasteiger partial charge in [-0.05, 0) is 50.1 Å². The summed E-state index contributed by atoms with van der Waals surface area (Å²) in [7, 11) is -3.82. The highest BCUT2D eigenvalue weighted by atomic mass is 32.2. The minimum atomic E-state index is -3.82. The van der Waals surface area contributed by atoms with Crippen LogP contribution in [-0.2, 0) is 27.8 Å². The van der Waals surface area contributed by atoms with Crippen molar-refractivity contribution >= 4 is 21.7 Å². The lowest BCUT2D eigenvalue weighted by molar-refractivity contribution is 0.0464. The number of hydrogen-bond acceptors (Lipinski definition) is 6. The number of fused-ring (bicyclic) bond motifs is 1. The molecule has 1 aliphatic heterocycles. The lowest BCUT2D eigenvalue weighted by Crippen LogP contribution is -2.35. The molecule has 3 aromatic rings. The second-order valence-electron chi connectivity index (χ2n) is 7.02. The van der Waals surface area contributed by atoms with E-state index in [2.05, 4.69) is 5.16 Å². The maximum atomic E-state index is 13.3. The fourth-order valence-electron chi connectivity index (χ4n) is 3.51. The van der Waals surface area contributed by atoms with E-state index < -0.39 is 16.0 Å². The molecule has 0 saturated heterocycles. The Labute approximate surface area is 168 Å². The van der Waals surface area contributed by atoms with E-state index in [-0.39, 0.29) is 23.1 Å². The highest BCUT2D eigenvalue weighted by Gasteiger charge is 2.36. The predicted octanol–water partition coefficient (Wildman–Crippen LogP) is 3.48. The molecule has 0 saturated carbocycles. The number of sulfonamides is 1. The number of aromatic nitrogens is 1. The second kappa shape index (κ2) is 7.36. The molecule has 0 N–H and O–H groups in total. The number of aryl methyl sites for hydroxylation is 1. The van der Waals surface area contributed by atoms with Gasteiger partial charge in [0, 0.05) is 12.1 Å². The molecule has 150 valence electrons. The van der Waals surface area contributed by atoms with Crippen molar-refractivity contribution in [1.82, 2.24) is 5.16 Å². The number of carbonyl (C=O) groups excluding carboxylic acids is 1. The Morgan fingerprint density at radius 1 is 1.21 bits per heavy atom. The third-order valence-electron chi connectivity index (χ3n) is 4.80. The second-order valence-corrected chi connectivity index (χ2v) is 8.83. The summed E-state index contributed by atoms with van der Waals surface area (Å²) in [6.45, 7) is 3.56. The number of carbonyl (C=O) groups is 1. The average Bonchev–Trinajstić information content (AvgIpc) is 3.28. The first-order valence-electron chi connectivity index (χ1n) is 9.18. The van der Waals surface area contributed by atoms with Crippen LogP contribution in [-0.4, -0.2) is 25.6 Å². The van der Waals surface area contributed by atoms with Gasteiger partial charge in [-0.15, -0.1) is 0 Å². The summed E-state index contributed by atoms with van der Waals surface area (Å²) in [6, 6.07) is 14.8. The van der Waals surface area contributed by atoms with Gasteiger partial charge in [-0.1, -0.05) is 29.4 Å². The molecule has 0 amide bonds. The van der Waals surface area contributed by atoms with E-state index in [0.29, 0.717) is 23.6 Å². The molecule has 0 radical (unpaired) electrons. The lowest BCUT2D eigenvalue weighted by atomic mass is 10.1. The van der Waals surface area contributed by atoms with Crippen LogP contribution in [0.15, 0.2) is 64.0 Å². The summed E-state index contributed by atoms with van der Waals surface area (Å²) >= 11 is 0. The number of rotatable bonds is 5. The summed E-state index contributed by atoms with van der Waals surface area (Å²) in [4.78, 5) is 12.4. The molecule has 2 heterocycles. The molecule has 8 heteroatoms. The van der Waals surface area contributed by atoms with Crippen LogP contribution in [0.2, 0.25) is 0 Å². The number of anilines is 1. The minimum absolute atomic E-state index is 0.0489. The molecule has 0 aliphatic carbocycles. The van der Waals surface area contributed by atoms with Gasteiger partial charge in [-0.25, -0.2) is 13.2 Å². The third-order valence-corrected chi connectivity index (χ3v) is 6.72. The topological polar surface area (TPSA) is 89.7 Å². The Hall–Kier alpha value is -3.13. The van der Waals surface area contributed by atoms with Crippen molar-refractivity contribution < 1.29 is 22.5 Å². The Kier molecular flexibility index (Phi) is 4.87. The standard InChI is InChI=1S/C21H20N2O5S/c1-14-10-16-6-3-4-9-20(16)23(14)29(25,26)19-8-5-7-17(12-19)21(24)27-13-18-11-15(2)28-22-18/h3-9,11-12,14H,10,13H2,1-2H3/t14-/m1/s1. The summed E-state index contributed by atoms with van der Waals surface area (Å²) in [6.07, 6.45) is 0.647. The van der Waals surface area contributed by atoms with Crippen LogP contribution < -0.4 is 4.31 Å². The van der Waals surface area contributed by atoms with Gasteiger partial charge in [0.25, 0.3) is 10.0 Å². The summed E-state index contributed by atoms with van der Waals surface area (Å²) in [5, 5.41) is 3.77. The van der Waals surface area contributed by atoms with Crippen LogP contribution in [0, 0.1) is 6.92 Å². The Balaban J connectivity index is 1.58. The summed E-state index contributed by atoms with van der Waals surface area (Å²) in [5.41, 5.74) is 2.31. The quantitative estimate of drug-likeness (QED) is 0.596. The molecule has 2 aromatic carbocycles. The zero-order chi connectivity index (χ0) is 20.6. The molecule has 0 bridgehead atoms. The van der Waals surface area contributed by atoms with Crippen LogP contribution in [0.5, 0.6) is 0 Å². The Morgan fingerprint density at radius 2 is 2.00 bits per heavy atom. The van der Waals surface area contributed by atoms with Crippen molar-refractivity contribution in [2.24, 2.45) is 0 Å². The van der Waals surface area contributed by atoms with E-state index in [9.17, 15) is 13.2 Å². The van der Waals surface area contributed by atoms with Gasteiger partial charge in [-0.3, -0.25) is 4.31 Å². The predicted molar refractivity (Wildman–Crippen MR) is 106 cm³/mol. The first-order chi connectivity index (χ1) is 13.9. The van der Waals surface area contributed by atoms with Crippen LogP contribution >= 0.6 is 0 Å². The zero-order valence-electron chi connectivity index (χ0n) is 16.0. The van der Waals surface area contributed by atoms with E-state index >= 15 is 0 Å². The monoisotopic (exact) mass is 412 g/mol. The van der Waals surface area contributed by atoms with Crippen molar-refractivity contribution in [2.75, 3.05) is 4.31 Å². The van der Waals surface area contributed by atoms with E-state index in [0.717, 1.165) is 5.56 Å². The normalized spacial score (nSPS) is 15.9. The van der Waals surface area contributed by atoms with Crippen molar-refractivity contribution in [3.63, 3.8) is 0 Å². The van der Waals surface area contributed by atoms with E-state index in [1.165, 1.54) is 28.6 Å². The van der Waals surface area contributed by atoms with Crippen LogP contribution in [0.1, 0.15) is 34.3 Å². The molecule has 1 aliphatic rings. The highest BCUT2D eigenvalue weighted by Crippen LogP contribution is 2.36. The Bertz CT molecular complexity index is 1170. The van der Waals surface area contributed by atoms with Gasteiger partial charge in [-0.2, -0.15) is 0 Å². The smallest absolute Gasteiger partial charge is 0.338 e. The van der Waals surface area contributed by atoms with Gasteiger partial charge in [0.15, 0.2) is 0 Å². The van der Waals surface area contributed by atoms with Gasteiger partial charge >= 0.3 is 5.97 Å². The fourth-order valence-corrected chi connectivity index (χ4v) is 5.25. The highest BCUT2D eigenvalue weighted by molar-refractivity contribution is 7.92. The SMILES string of the molecule is Cc1cc(COC(=O)c2cccc(S(=O)(=O)N3c4ccccc4C[C@H]3C)c2)no1. The van der Waals surface area contributed by atoms with Gasteiger partial charge < -0.3 is 9.26 Å². The molecule has 7 nitrogen and oxygen atoms in total. The number of benzene rings is 2. The van der Waals surface area contributed by atoms with Crippen molar-refractivity contribution in [3.05, 3.63) is 77.2 Å². The van der Waals surface area contributed by atoms with Crippen LogP contribution in [0.25, 0.3) is 0 Å². The van der Waals surface area contributed by atoms with Crippen LogP contribution in [0.3, 0.4) is 0 Å². The Morgan fingerprint density at radius 3 is 2.76 bits per heavy atom. The van der Waals surface area contributed by atoms with Crippen LogP contribution in [0.4, 0.5) is 5.69 Å². The first kappa shape index (κ1) is 19.2. The van der Waals surface area contributed by atoms with Gasteiger partial charge in [0.1, 0.15) is 18.1 Å². The third kappa shape index (κ3) is 3.63. The number of nitrogens with zero attached hydrogens (tertiary/aromatic N) is 2. The molecular formula is C21H20N2O5S. The molecule has 29 heavy (non-hydrogen) atoms. The summed E-state index contributed by atoms with van der Waals surface area (Å²) in [5.74, 6) is -0.0123. The molecule has 1 aromatic heterocycles. The molecule has 0 unspecified atom stereocenters. The maximum Gasteiger partial charge on any atom is 0.338 e. The van der Waals surface area contributed by atoms with E-state index in [4.69, 9.17) is 9.26 Å². The van der Waals surface area contributed by atoms with E-state index in [1.807, 2.05) is 25.1 Å². The first-order valence-corrected chi connectivity index (χ1v) is 10.6. The minimum Gasteiger partial charge on any atom is -0.455 e. The number of para-hydroxylation sites is 1. The molecule has 4 rings (SSSR count). The molecule has 0 spiro atoms. The number of esters is 1. The van der Waals surface area contributed by atoms with Crippen molar-refractivity contribution in [1.29, 1.82) is 0 Å². The zero-order valence-corrected chi connectivity index (χ0v) is 16.8. The number of ether oxygens (including phenoxy) is 1. The largest absolute Gasteiger partial charge is 0.455 e. The fraction of sp³-hybridized carbons (Fsp3) is 0.238. The summed E-state index contributed by atoms with van der Waals surface area (Å²) < 4.78 is 38.2. The van der Waals surface area contributed by atoms with Crippen molar-refractivity contribution in [3.8, 4) is 0 Å². The molecule has 1 atom stereocenters. The molecular weight excluding hydrogens is 392 g/mol. The van der Waals surface area contributed by atoms with Gasteiger partial charge in [0.05, 0.1) is 16.1 Å². The van der Waals surface area contributed by atoms with Crippen molar-refractivity contribution in [2.45, 2.75) is 37.8 Å². The average molecular weight is 412 g/mol. The molecule has 0 fully saturated rings. The number of hydrogen-bond donors (Lipinski definition) is 0. The maximum absolute atomic E-state index is 13.3.